The summed E-state index contributed by atoms with van der Waals surface area (Å²) in [5, 5.41) is 3.88. The van der Waals surface area contributed by atoms with Crippen molar-refractivity contribution in [2.45, 2.75) is 11.8 Å². The van der Waals surface area contributed by atoms with Gasteiger partial charge in [0.2, 0.25) is 5.91 Å². The van der Waals surface area contributed by atoms with Crippen LogP contribution in [-0.2, 0) is 4.79 Å². The molecule has 0 radical (unpaired) electrons. The number of halogens is 1. The molecule has 2 aromatic rings. The van der Waals surface area contributed by atoms with Gasteiger partial charge in [-0.2, -0.15) is 0 Å². The molecule has 132 valence electrons. The van der Waals surface area contributed by atoms with E-state index in [1.54, 1.807) is 24.3 Å². The van der Waals surface area contributed by atoms with Crippen LogP contribution in [-0.4, -0.2) is 23.4 Å². The number of hydrogen-bond acceptors (Lipinski definition) is 4. The number of anilines is 1. The van der Waals surface area contributed by atoms with E-state index in [4.69, 9.17) is 28.6 Å². The van der Waals surface area contributed by atoms with Gasteiger partial charge in [0.05, 0.1) is 12.4 Å². The van der Waals surface area contributed by atoms with Crippen molar-refractivity contribution in [2.75, 3.05) is 17.7 Å². The maximum absolute atomic E-state index is 11.9. The van der Waals surface area contributed by atoms with Crippen molar-refractivity contribution < 1.29 is 9.53 Å². The van der Waals surface area contributed by atoms with Crippen LogP contribution < -0.4 is 20.9 Å². The topological polar surface area (TPSA) is 62.4 Å². The molecule has 8 heteroatoms. The van der Waals surface area contributed by atoms with Crippen molar-refractivity contribution in [2.24, 2.45) is 0 Å². The molecular formula is C17H18ClN3O2S2. The fourth-order valence-electron chi connectivity index (χ4n) is 1.81. The Morgan fingerprint density at radius 3 is 2.44 bits per heavy atom. The first-order chi connectivity index (χ1) is 12.1. The monoisotopic (exact) mass is 395 g/mol. The molecule has 25 heavy (non-hydrogen) atoms. The Morgan fingerprint density at radius 2 is 1.80 bits per heavy atom. The third-order valence-corrected chi connectivity index (χ3v) is 4.39. The average Bonchev–Trinajstić information content (AvgIpc) is 2.61. The lowest BCUT2D eigenvalue weighted by atomic mass is 10.3. The first-order valence-electron chi connectivity index (χ1n) is 7.54. The largest absolute Gasteiger partial charge is 0.494 e. The van der Waals surface area contributed by atoms with Gasteiger partial charge in [0.1, 0.15) is 5.75 Å². The van der Waals surface area contributed by atoms with Crippen LogP contribution in [0.5, 0.6) is 5.75 Å². The number of thioether (sulfide) groups is 1. The van der Waals surface area contributed by atoms with Crippen molar-refractivity contribution in [3.63, 3.8) is 0 Å². The van der Waals surface area contributed by atoms with Crippen LogP contribution >= 0.6 is 35.6 Å². The van der Waals surface area contributed by atoms with Crippen LogP contribution in [0.25, 0.3) is 0 Å². The van der Waals surface area contributed by atoms with E-state index in [0.717, 1.165) is 16.3 Å². The molecule has 3 N–H and O–H groups in total. The van der Waals surface area contributed by atoms with Crippen molar-refractivity contribution in [1.82, 2.24) is 10.9 Å². The Labute approximate surface area is 161 Å². The van der Waals surface area contributed by atoms with Gasteiger partial charge in [-0.3, -0.25) is 15.6 Å². The third-order valence-electron chi connectivity index (χ3n) is 2.92. The maximum Gasteiger partial charge on any atom is 0.248 e. The number of hydrogen-bond donors (Lipinski definition) is 3. The Morgan fingerprint density at radius 1 is 1.12 bits per heavy atom. The van der Waals surface area contributed by atoms with E-state index in [2.05, 4.69) is 16.2 Å². The summed E-state index contributed by atoms with van der Waals surface area (Å²) in [6, 6.07) is 14.7. The van der Waals surface area contributed by atoms with Gasteiger partial charge in [-0.1, -0.05) is 11.6 Å². The lowest BCUT2D eigenvalue weighted by molar-refractivity contribution is -0.119. The van der Waals surface area contributed by atoms with Gasteiger partial charge >= 0.3 is 0 Å². The van der Waals surface area contributed by atoms with Crippen LogP contribution in [0.1, 0.15) is 6.92 Å². The van der Waals surface area contributed by atoms with E-state index in [-0.39, 0.29) is 11.7 Å². The molecule has 0 saturated heterocycles. The molecule has 0 aliphatic carbocycles. The van der Waals surface area contributed by atoms with Gasteiger partial charge < -0.3 is 10.1 Å². The number of hydrazine groups is 1. The number of amides is 1. The average molecular weight is 396 g/mol. The molecular weight excluding hydrogens is 378 g/mol. The van der Waals surface area contributed by atoms with Crippen LogP contribution in [0.15, 0.2) is 53.4 Å². The van der Waals surface area contributed by atoms with E-state index >= 15 is 0 Å². The number of ether oxygens (including phenoxy) is 1. The SMILES string of the molecule is CCOc1ccc(SCC(=O)NNC(=S)Nc2ccc(Cl)cc2)cc1. The van der Waals surface area contributed by atoms with Gasteiger partial charge in [-0.15, -0.1) is 11.8 Å². The van der Waals surface area contributed by atoms with E-state index in [0.29, 0.717) is 16.7 Å². The zero-order valence-corrected chi connectivity index (χ0v) is 15.9. The molecule has 0 unspecified atom stereocenters. The summed E-state index contributed by atoms with van der Waals surface area (Å²) in [4.78, 5) is 12.8. The number of rotatable bonds is 6. The van der Waals surface area contributed by atoms with Crippen molar-refractivity contribution in [1.29, 1.82) is 0 Å². The van der Waals surface area contributed by atoms with Gasteiger partial charge in [-0.05, 0) is 67.7 Å². The highest BCUT2D eigenvalue weighted by molar-refractivity contribution is 8.00. The molecule has 0 heterocycles. The van der Waals surface area contributed by atoms with E-state index in [1.807, 2.05) is 31.2 Å². The lowest BCUT2D eigenvalue weighted by Gasteiger charge is -2.11. The minimum atomic E-state index is -0.181. The van der Waals surface area contributed by atoms with Crippen LogP contribution in [0, 0.1) is 0 Å². The molecule has 0 saturated carbocycles. The van der Waals surface area contributed by atoms with Gasteiger partial charge in [0.15, 0.2) is 5.11 Å². The second-order valence-corrected chi connectivity index (χ2v) is 6.72. The minimum Gasteiger partial charge on any atom is -0.494 e. The van der Waals surface area contributed by atoms with Crippen molar-refractivity contribution in [3.05, 3.63) is 53.6 Å². The lowest BCUT2D eigenvalue weighted by Crippen LogP contribution is -2.44. The molecule has 0 aliphatic heterocycles. The fraction of sp³-hybridized carbons (Fsp3) is 0.176. The molecule has 2 rings (SSSR count). The molecule has 0 spiro atoms. The van der Waals surface area contributed by atoms with E-state index < -0.39 is 0 Å². The summed E-state index contributed by atoms with van der Waals surface area (Å²) in [6.07, 6.45) is 0. The number of benzene rings is 2. The highest BCUT2D eigenvalue weighted by Crippen LogP contribution is 2.21. The Bertz CT molecular complexity index is 709. The Balaban J connectivity index is 1.69. The summed E-state index contributed by atoms with van der Waals surface area (Å²) in [6.45, 7) is 2.57. The van der Waals surface area contributed by atoms with E-state index in [9.17, 15) is 4.79 Å². The smallest absolute Gasteiger partial charge is 0.248 e. The van der Waals surface area contributed by atoms with Crippen LogP contribution in [0.3, 0.4) is 0 Å². The summed E-state index contributed by atoms with van der Waals surface area (Å²) in [5.41, 5.74) is 5.99. The molecule has 1 amide bonds. The maximum atomic E-state index is 11.9. The summed E-state index contributed by atoms with van der Waals surface area (Å²) < 4.78 is 5.38. The Hall–Kier alpha value is -1.96. The van der Waals surface area contributed by atoms with Crippen molar-refractivity contribution in [3.8, 4) is 5.75 Å². The Kier molecular flexibility index (Phi) is 7.84. The predicted octanol–water partition coefficient (Wildman–Crippen LogP) is 3.85. The summed E-state index contributed by atoms with van der Waals surface area (Å²) in [7, 11) is 0. The van der Waals surface area contributed by atoms with Crippen molar-refractivity contribution >= 4 is 52.3 Å². The number of carbonyl (C=O) groups is 1. The first-order valence-corrected chi connectivity index (χ1v) is 9.31. The fourth-order valence-corrected chi connectivity index (χ4v) is 2.80. The second kappa shape index (κ2) is 10.1. The van der Waals surface area contributed by atoms with E-state index in [1.165, 1.54) is 11.8 Å². The molecule has 0 fully saturated rings. The molecule has 0 aromatic heterocycles. The zero-order valence-electron chi connectivity index (χ0n) is 13.5. The van der Waals surface area contributed by atoms with Gasteiger partial charge in [-0.25, -0.2) is 0 Å². The molecule has 0 atom stereocenters. The van der Waals surface area contributed by atoms with Gasteiger partial charge in [0, 0.05) is 15.6 Å². The minimum absolute atomic E-state index is 0.181. The number of thiocarbonyl (C=S) groups is 1. The molecule has 2 aromatic carbocycles. The second-order valence-electron chi connectivity index (χ2n) is 4.83. The normalized spacial score (nSPS) is 10.0. The first kappa shape index (κ1) is 19.4. The number of carbonyl (C=O) groups excluding carboxylic acids is 1. The predicted molar refractivity (Wildman–Crippen MR) is 107 cm³/mol. The highest BCUT2D eigenvalue weighted by Gasteiger charge is 2.04. The van der Waals surface area contributed by atoms with Gasteiger partial charge in [0.25, 0.3) is 0 Å². The van der Waals surface area contributed by atoms with Crippen LogP contribution in [0.4, 0.5) is 5.69 Å². The number of nitrogens with one attached hydrogen (secondary N) is 3. The molecule has 0 bridgehead atoms. The quantitative estimate of drug-likeness (QED) is 0.392. The molecule has 0 aliphatic rings. The standard InChI is InChI=1S/C17H18ClN3O2S2/c1-2-23-14-7-9-15(10-8-14)25-11-16(22)20-21-17(24)19-13-5-3-12(18)4-6-13/h3-10H,2,11H2,1H3,(H,20,22)(H2,19,21,24). The highest BCUT2D eigenvalue weighted by atomic mass is 35.5. The zero-order chi connectivity index (χ0) is 18.1. The van der Waals surface area contributed by atoms with Crippen LogP contribution in [0.2, 0.25) is 5.02 Å². The summed E-state index contributed by atoms with van der Waals surface area (Å²) >= 11 is 12.4. The summed E-state index contributed by atoms with van der Waals surface area (Å²) in [5.74, 6) is 0.903. The molecule has 5 nitrogen and oxygen atoms in total. The third kappa shape index (κ3) is 7.21.